The number of para-hydroxylation sites is 1. The van der Waals surface area contributed by atoms with Crippen LogP contribution in [0.15, 0.2) is 24.3 Å². The predicted molar refractivity (Wildman–Crippen MR) is 113 cm³/mol. The van der Waals surface area contributed by atoms with Gasteiger partial charge in [0.1, 0.15) is 11.6 Å². The quantitative estimate of drug-likeness (QED) is 0.496. The Labute approximate surface area is 168 Å². The number of nitrogens with zero attached hydrogens (tertiary/aromatic N) is 4. The molecule has 1 aromatic carbocycles. The number of rotatable bonds is 6. The highest BCUT2D eigenvalue weighted by molar-refractivity contribution is 6.35. The van der Waals surface area contributed by atoms with Crippen molar-refractivity contribution in [1.29, 1.82) is 0 Å². The van der Waals surface area contributed by atoms with Crippen LogP contribution in [-0.2, 0) is 0 Å². The lowest BCUT2D eigenvalue weighted by Gasteiger charge is -2.23. The molecule has 0 aliphatic rings. The van der Waals surface area contributed by atoms with Crippen LogP contribution in [-0.4, -0.2) is 37.2 Å². The summed E-state index contributed by atoms with van der Waals surface area (Å²) in [6.45, 7) is 7.51. The van der Waals surface area contributed by atoms with E-state index in [0.29, 0.717) is 34.7 Å². The standard InChI is InChI=1S/C19H24ClN7O/c1-10(23-18-25-11(2)24-17(21)27-18)13-8-12-6-5-7-14(20)15(12)26-16(13)22-9-19(3,4)28/h5-8,10,28H,9H2,1-4H3,(H,22,26)(H3,21,23,24,25,27)/t10-/m0/s1. The van der Waals surface area contributed by atoms with Crippen LogP contribution in [0.1, 0.15) is 38.2 Å². The molecule has 0 saturated carbocycles. The molecule has 1 atom stereocenters. The van der Waals surface area contributed by atoms with Crippen molar-refractivity contribution >= 4 is 40.2 Å². The maximum Gasteiger partial charge on any atom is 0.228 e. The number of pyridine rings is 1. The van der Waals surface area contributed by atoms with Gasteiger partial charge in [-0.3, -0.25) is 0 Å². The number of anilines is 3. The van der Waals surface area contributed by atoms with E-state index in [2.05, 4.69) is 25.6 Å². The van der Waals surface area contributed by atoms with Crippen molar-refractivity contribution in [3.63, 3.8) is 0 Å². The minimum atomic E-state index is -0.898. The van der Waals surface area contributed by atoms with Gasteiger partial charge in [0, 0.05) is 17.5 Å². The summed E-state index contributed by atoms with van der Waals surface area (Å²) in [6, 6.07) is 7.45. The van der Waals surface area contributed by atoms with Gasteiger partial charge in [0.05, 0.1) is 22.2 Å². The monoisotopic (exact) mass is 401 g/mol. The first-order chi connectivity index (χ1) is 13.1. The average Bonchev–Trinajstić information content (AvgIpc) is 2.58. The Morgan fingerprint density at radius 1 is 1.21 bits per heavy atom. The van der Waals surface area contributed by atoms with E-state index < -0.39 is 5.60 Å². The lowest BCUT2D eigenvalue weighted by molar-refractivity contribution is 0.0944. The molecule has 0 fully saturated rings. The lowest BCUT2D eigenvalue weighted by atomic mass is 10.1. The zero-order valence-electron chi connectivity index (χ0n) is 16.3. The Bertz CT molecular complexity index is 983. The second-order valence-electron chi connectivity index (χ2n) is 7.33. The molecule has 0 spiro atoms. The van der Waals surface area contributed by atoms with E-state index in [4.69, 9.17) is 22.3 Å². The number of hydrogen-bond donors (Lipinski definition) is 4. The summed E-state index contributed by atoms with van der Waals surface area (Å²) >= 11 is 6.32. The maximum atomic E-state index is 10.1. The molecule has 9 heteroatoms. The number of aryl methyl sites for hydroxylation is 1. The molecule has 0 aliphatic heterocycles. The van der Waals surface area contributed by atoms with Crippen LogP contribution in [0.2, 0.25) is 5.02 Å². The molecule has 3 aromatic rings. The van der Waals surface area contributed by atoms with E-state index in [1.165, 1.54) is 0 Å². The van der Waals surface area contributed by atoms with Crippen LogP contribution < -0.4 is 16.4 Å². The molecule has 0 bridgehead atoms. The van der Waals surface area contributed by atoms with Crippen molar-refractivity contribution in [2.45, 2.75) is 39.3 Å². The second kappa shape index (κ2) is 7.73. The van der Waals surface area contributed by atoms with Gasteiger partial charge in [-0.15, -0.1) is 0 Å². The number of benzene rings is 1. The largest absolute Gasteiger partial charge is 0.389 e. The molecule has 0 aliphatic carbocycles. The Morgan fingerprint density at radius 2 is 1.96 bits per heavy atom. The van der Waals surface area contributed by atoms with Crippen LogP contribution >= 0.6 is 11.6 Å². The van der Waals surface area contributed by atoms with Crippen molar-refractivity contribution in [3.8, 4) is 0 Å². The van der Waals surface area contributed by atoms with Gasteiger partial charge in [0.15, 0.2) is 0 Å². The number of nitrogen functional groups attached to an aromatic ring is 1. The fourth-order valence-corrected chi connectivity index (χ4v) is 3.01. The number of aromatic nitrogens is 4. The smallest absolute Gasteiger partial charge is 0.228 e. The van der Waals surface area contributed by atoms with Crippen molar-refractivity contribution in [3.05, 3.63) is 40.7 Å². The van der Waals surface area contributed by atoms with Gasteiger partial charge in [-0.2, -0.15) is 15.0 Å². The molecular weight excluding hydrogens is 378 g/mol. The fraction of sp³-hybridized carbons (Fsp3) is 0.368. The van der Waals surface area contributed by atoms with Crippen molar-refractivity contribution < 1.29 is 5.11 Å². The average molecular weight is 402 g/mol. The minimum absolute atomic E-state index is 0.158. The third-order valence-electron chi connectivity index (χ3n) is 4.09. The molecule has 148 valence electrons. The van der Waals surface area contributed by atoms with Crippen LogP contribution in [0.4, 0.5) is 17.7 Å². The van der Waals surface area contributed by atoms with Gasteiger partial charge >= 0.3 is 0 Å². The normalized spacial score (nSPS) is 12.8. The van der Waals surface area contributed by atoms with Crippen molar-refractivity contribution in [1.82, 2.24) is 19.9 Å². The molecule has 2 aromatic heterocycles. The molecule has 28 heavy (non-hydrogen) atoms. The van der Waals surface area contributed by atoms with E-state index in [1.54, 1.807) is 26.8 Å². The molecular formula is C19H24ClN7O. The zero-order chi connectivity index (χ0) is 20.5. The molecule has 0 saturated heterocycles. The predicted octanol–water partition coefficient (Wildman–Crippen LogP) is 3.32. The highest BCUT2D eigenvalue weighted by Gasteiger charge is 2.19. The number of hydrogen-bond acceptors (Lipinski definition) is 8. The summed E-state index contributed by atoms with van der Waals surface area (Å²) in [5.41, 5.74) is 6.40. The number of nitrogens with two attached hydrogens (primary N) is 1. The van der Waals surface area contributed by atoms with Crippen molar-refractivity contribution in [2.75, 3.05) is 22.9 Å². The van der Waals surface area contributed by atoms with Crippen LogP contribution in [0.25, 0.3) is 10.9 Å². The van der Waals surface area contributed by atoms with E-state index in [-0.39, 0.29) is 12.0 Å². The third-order valence-corrected chi connectivity index (χ3v) is 4.40. The van der Waals surface area contributed by atoms with Gasteiger partial charge in [-0.05, 0) is 39.8 Å². The third kappa shape index (κ3) is 4.76. The van der Waals surface area contributed by atoms with Crippen molar-refractivity contribution in [2.24, 2.45) is 0 Å². The highest BCUT2D eigenvalue weighted by atomic mass is 35.5. The topological polar surface area (TPSA) is 122 Å². The fourth-order valence-electron chi connectivity index (χ4n) is 2.79. The Morgan fingerprint density at radius 3 is 2.64 bits per heavy atom. The molecule has 2 heterocycles. The van der Waals surface area contributed by atoms with Gasteiger partial charge in [-0.25, -0.2) is 4.98 Å². The molecule has 8 nitrogen and oxygen atoms in total. The van der Waals surface area contributed by atoms with Crippen LogP contribution in [0.3, 0.4) is 0 Å². The Balaban J connectivity index is 2.01. The molecule has 0 unspecified atom stereocenters. The second-order valence-corrected chi connectivity index (χ2v) is 7.74. The van der Waals surface area contributed by atoms with E-state index in [9.17, 15) is 5.11 Å². The van der Waals surface area contributed by atoms with Crippen LogP contribution in [0.5, 0.6) is 0 Å². The number of halogens is 1. The molecule has 0 radical (unpaired) electrons. The van der Waals surface area contributed by atoms with Gasteiger partial charge in [0.2, 0.25) is 11.9 Å². The highest BCUT2D eigenvalue weighted by Crippen LogP contribution is 2.31. The maximum absolute atomic E-state index is 10.1. The lowest BCUT2D eigenvalue weighted by Crippen LogP contribution is -2.30. The van der Waals surface area contributed by atoms with E-state index >= 15 is 0 Å². The SMILES string of the molecule is Cc1nc(N)nc(N[C@@H](C)c2cc3cccc(Cl)c3nc2NCC(C)(C)O)n1. The van der Waals surface area contributed by atoms with E-state index in [0.717, 1.165) is 10.9 Å². The van der Waals surface area contributed by atoms with Gasteiger partial charge in [-0.1, -0.05) is 23.7 Å². The summed E-state index contributed by atoms with van der Waals surface area (Å²) in [5, 5.41) is 18.0. The summed E-state index contributed by atoms with van der Waals surface area (Å²) < 4.78 is 0. The number of nitrogens with one attached hydrogen (secondary N) is 2. The Hall–Kier alpha value is -2.71. The minimum Gasteiger partial charge on any atom is -0.389 e. The zero-order valence-corrected chi connectivity index (χ0v) is 17.0. The summed E-state index contributed by atoms with van der Waals surface area (Å²) in [6.07, 6.45) is 0. The first kappa shape index (κ1) is 20.0. The molecule has 5 N–H and O–H groups in total. The number of aliphatic hydroxyl groups is 1. The molecule has 0 amide bonds. The summed E-state index contributed by atoms with van der Waals surface area (Å²) in [4.78, 5) is 17.1. The summed E-state index contributed by atoms with van der Waals surface area (Å²) in [7, 11) is 0. The van der Waals surface area contributed by atoms with Gasteiger partial charge in [0.25, 0.3) is 0 Å². The first-order valence-corrected chi connectivity index (χ1v) is 9.30. The van der Waals surface area contributed by atoms with Crippen LogP contribution in [0, 0.1) is 6.92 Å². The Kier molecular flexibility index (Phi) is 5.53. The molecule has 3 rings (SSSR count). The van der Waals surface area contributed by atoms with Gasteiger partial charge < -0.3 is 21.5 Å². The number of fused-ring (bicyclic) bond motifs is 1. The summed E-state index contributed by atoms with van der Waals surface area (Å²) in [5.74, 6) is 1.70. The first-order valence-electron chi connectivity index (χ1n) is 8.92. The van der Waals surface area contributed by atoms with E-state index in [1.807, 2.05) is 25.1 Å².